The maximum absolute atomic E-state index is 11.9. The second-order valence-corrected chi connectivity index (χ2v) is 5.48. The van der Waals surface area contributed by atoms with Crippen LogP contribution >= 0.6 is 0 Å². The van der Waals surface area contributed by atoms with E-state index in [4.69, 9.17) is 13.9 Å². The van der Waals surface area contributed by atoms with Gasteiger partial charge in [-0.25, -0.2) is 0 Å². The van der Waals surface area contributed by atoms with Gasteiger partial charge in [-0.3, -0.25) is 9.59 Å². The van der Waals surface area contributed by atoms with Gasteiger partial charge in [0.1, 0.15) is 5.76 Å². The van der Waals surface area contributed by atoms with Crippen LogP contribution in [0.3, 0.4) is 0 Å². The molecule has 0 radical (unpaired) electrons. The van der Waals surface area contributed by atoms with Gasteiger partial charge in [-0.2, -0.15) is 0 Å². The van der Waals surface area contributed by atoms with E-state index in [2.05, 4.69) is 10.6 Å². The monoisotopic (exact) mass is 372 g/mol. The molecule has 0 unspecified atom stereocenters. The molecule has 0 bridgehead atoms. The summed E-state index contributed by atoms with van der Waals surface area (Å²) in [5, 5.41) is 5.18. The molecule has 1 aromatic carbocycles. The van der Waals surface area contributed by atoms with Gasteiger partial charge in [0.05, 0.1) is 32.6 Å². The molecule has 0 saturated heterocycles. The van der Waals surface area contributed by atoms with E-state index in [1.54, 1.807) is 30.3 Å². The molecule has 2 rings (SSSR count). The van der Waals surface area contributed by atoms with E-state index in [9.17, 15) is 9.59 Å². The largest absolute Gasteiger partial charge is 0.490 e. The van der Waals surface area contributed by atoms with Crippen LogP contribution in [0.25, 0.3) is 6.08 Å². The van der Waals surface area contributed by atoms with Gasteiger partial charge in [0.15, 0.2) is 11.5 Å². The highest BCUT2D eigenvalue weighted by atomic mass is 16.5. The molecular weight excluding hydrogens is 348 g/mol. The second-order valence-electron chi connectivity index (χ2n) is 5.48. The first-order valence-corrected chi connectivity index (χ1v) is 8.77. The molecule has 1 heterocycles. The fourth-order valence-electron chi connectivity index (χ4n) is 2.23. The molecule has 2 N–H and O–H groups in total. The zero-order valence-electron chi connectivity index (χ0n) is 15.5. The number of rotatable bonds is 10. The van der Waals surface area contributed by atoms with Crippen molar-refractivity contribution in [2.24, 2.45) is 0 Å². The first-order chi connectivity index (χ1) is 13.1. The number of carbonyl (C=O) groups excluding carboxylic acids is 2. The van der Waals surface area contributed by atoms with Crippen LogP contribution < -0.4 is 20.1 Å². The zero-order chi connectivity index (χ0) is 19.5. The predicted octanol–water partition coefficient (Wildman–Crippen LogP) is 2.52. The van der Waals surface area contributed by atoms with Crippen LogP contribution in [0.4, 0.5) is 0 Å². The van der Waals surface area contributed by atoms with Crippen molar-refractivity contribution in [3.63, 3.8) is 0 Å². The van der Waals surface area contributed by atoms with Crippen molar-refractivity contribution >= 4 is 17.9 Å². The number of nitrogens with one attached hydrogen (secondary N) is 2. The molecule has 0 spiro atoms. The predicted molar refractivity (Wildman–Crippen MR) is 101 cm³/mol. The van der Waals surface area contributed by atoms with Crippen molar-refractivity contribution in [1.29, 1.82) is 0 Å². The summed E-state index contributed by atoms with van der Waals surface area (Å²) in [4.78, 5) is 23.6. The summed E-state index contributed by atoms with van der Waals surface area (Å²) in [6.45, 7) is 5.02. The molecule has 0 aliphatic rings. The average molecular weight is 372 g/mol. The summed E-state index contributed by atoms with van der Waals surface area (Å²) < 4.78 is 16.2. The van der Waals surface area contributed by atoms with E-state index in [0.717, 1.165) is 5.56 Å². The maximum atomic E-state index is 11.9. The molecule has 144 valence electrons. The van der Waals surface area contributed by atoms with Crippen molar-refractivity contribution in [2.75, 3.05) is 19.8 Å². The van der Waals surface area contributed by atoms with Crippen molar-refractivity contribution in [2.45, 2.75) is 20.4 Å². The molecule has 0 aliphatic heterocycles. The van der Waals surface area contributed by atoms with Crippen molar-refractivity contribution in [1.82, 2.24) is 10.6 Å². The van der Waals surface area contributed by atoms with Gasteiger partial charge in [-0.1, -0.05) is 6.07 Å². The molecule has 27 heavy (non-hydrogen) atoms. The Balaban J connectivity index is 1.82. The summed E-state index contributed by atoms with van der Waals surface area (Å²) in [6.07, 6.45) is 4.55. The first-order valence-electron chi connectivity index (χ1n) is 8.77. The molecule has 0 aliphatic carbocycles. The van der Waals surface area contributed by atoms with E-state index >= 15 is 0 Å². The van der Waals surface area contributed by atoms with Crippen LogP contribution in [-0.2, 0) is 16.1 Å². The minimum atomic E-state index is -0.366. The lowest BCUT2D eigenvalue weighted by molar-refractivity contribution is -0.124. The molecule has 2 aromatic rings. The Labute approximate surface area is 158 Å². The van der Waals surface area contributed by atoms with Gasteiger partial charge in [0, 0.05) is 6.08 Å². The topological polar surface area (TPSA) is 89.8 Å². The highest BCUT2D eigenvalue weighted by Crippen LogP contribution is 2.28. The number of hydrogen-bond acceptors (Lipinski definition) is 5. The summed E-state index contributed by atoms with van der Waals surface area (Å²) in [6, 6.07) is 8.93. The Morgan fingerprint density at radius 1 is 1.07 bits per heavy atom. The lowest BCUT2D eigenvalue weighted by Gasteiger charge is -2.11. The molecule has 7 nitrogen and oxygen atoms in total. The van der Waals surface area contributed by atoms with E-state index < -0.39 is 0 Å². The molecule has 0 atom stereocenters. The van der Waals surface area contributed by atoms with E-state index in [-0.39, 0.29) is 24.9 Å². The third kappa shape index (κ3) is 6.89. The van der Waals surface area contributed by atoms with Crippen LogP contribution in [0.1, 0.15) is 25.2 Å². The lowest BCUT2D eigenvalue weighted by atomic mass is 10.2. The third-order valence-electron chi connectivity index (χ3n) is 3.46. The van der Waals surface area contributed by atoms with Gasteiger partial charge in [-0.15, -0.1) is 0 Å². The van der Waals surface area contributed by atoms with Crippen molar-refractivity contribution in [3.8, 4) is 11.5 Å². The van der Waals surface area contributed by atoms with Gasteiger partial charge >= 0.3 is 0 Å². The molecule has 2 amide bonds. The summed E-state index contributed by atoms with van der Waals surface area (Å²) in [7, 11) is 0. The second kappa shape index (κ2) is 10.7. The summed E-state index contributed by atoms with van der Waals surface area (Å²) in [5.41, 5.74) is 0.791. The number of benzene rings is 1. The number of carbonyl (C=O) groups is 2. The van der Waals surface area contributed by atoms with Gasteiger partial charge in [-0.05, 0) is 49.8 Å². The fourth-order valence-corrected chi connectivity index (χ4v) is 2.23. The van der Waals surface area contributed by atoms with Gasteiger partial charge in [0.2, 0.25) is 11.8 Å². The Hall–Kier alpha value is -3.22. The fraction of sp³-hybridized carbons (Fsp3) is 0.300. The number of furan rings is 1. The van der Waals surface area contributed by atoms with Crippen LogP contribution in [0.2, 0.25) is 0 Å². The average Bonchev–Trinajstić information content (AvgIpc) is 3.19. The summed E-state index contributed by atoms with van der Waals surface area (Å²) in [5.74, 6) is 1.27. The number of ether oxygens (including phenoxy) is 2. The lowest BCUT2D eigenvalue weighted by Crippen LogP contribution is -2.35. The van der Waals surface area contributed by atoms with Crippen LogP contribution in [0.15, 0.2) is 47.1 Å². The standard InChI is InChI=1S/C20H24N2O5/c1-3-25-17-9-7-15(12-18(17)26-4-2)8-10-19(23)22-14-20(24)21-13-16-6-5-11-27-16/h5-12H,3-4,13-14H2,1-2H3,(H,21,24)(H,22,23)/b10-8+. The minimum absolute atomic E-state index is 0.114. The number of hydrogen-bond donors (Lipinski definition) is 2. The molecule has 0 fully saturated rings. The van der Waals surface area contributed by atoms with Crippen LogP contribution in [0, 0.1) is 0 Å². The Morgan fingerprint density at radius 2 is 1.85 bits per heavy atom. The molecular formula is C20H24N2O5. The molecule has 1 aromatic heterocycles. The summed E-state index contributed by atoms with van der Waals surface area (Å²) >= 11 is 0. The third-order valence-corrected chi connectivity index (χ3v) is 3.46. The Kier molecular flexibility index (Phi) is 7.96. The number of amides is 2. The van der Waals surface area contributed by atoms with Crippen LogP contribution in [-0.4, -0.2) is 31.6 Å². The van der Waals surface area contributed by atoms with Crippen molar-refractivity contribution in [3.05, 3.63) is 54.0 Å². The Morgan fingerprint density at radius 3 is 2.56 bits per heavy atom. The SMILES string of the molecule is CCOc1ccc(/C=C/C(=O)NCC(=O)NCc2ccco2)cc1OCC. The quantitative estimate of drug-likeness (QED) is 0.626. The normalized spacial score (nSPS) is 10.6. The molecule has 7 heteroatoms. The highest BCUT2D eigenvalue weighted by molar-refractivity contribution is 5.94. The maximum Gasteiger partial charge on any atom is 0.244 e. The van der Waals surface area contributed by atoms with E-state index in [1.807, 2.05) is 19.9 Å². The molecule has 0 saturated carbocycles. The first kappa shape index (κ1) is 20.1. The van der Waals surface area contributed by atoms with Gasteiger partial charge < -0.3 is 24.5 Å². The Bertz CT molecular complexity index is 769. The van der Waals surface area contributed by atoms with E-state index in [1.165, 1.54) is 12.3 Å². The smallest absolute Gasteiger partial charge is 0.244 e. The highest BCUT2D eigenvalue weighted by Gasteiger charge is 2.06. The van der Waals surface area contributed by atoms with E-state index in [0.29, 0.717) is 30.5 Å². The van der Waals surface area contributed by atoms with Gasteiger partial charge in [0.25, 0.3) is 0 Å². The van der Waals surface area contributed by atoms with Crippen LogP contribution in [0.5, 0.6) is 11.5 Å². The minimum Gasteiger partial charge on any atom is -0.490 e. The van der Waals surface area contributed by atoms with Crippen molar-refractivity contribution < 1.29 is 23.5 Å². The zero-order valence-corrected chi connectivity index (χ0v) is 15.5.